The molecule has 1 atom stereocenters. The standard InChI is InChI=1S/C11H18OS/c1-2-5-10(12)6-3-7-11-8-4-9-13-11/h4,8-10,12H,2-3,5-7H2,1H3. The highest BCUT2D eigenvalue weighted by atomic mass is 32.1. The van der Waals surface area contributed by atoms with Gasteiger partial charge >= 0.3 is 0 Å². The first-order chi connectivity index (χ1) is 6.33. The minimum absolute atomic E-state index is 0.0787. The molecular formula is C11H18OS. The maximum atomic E-state index is 9.48. The Labute approximate surface area is 84.4 Å². The minimum Gasteiger partial charge on any atom is -0.393 e. The van der Waals surface area contributed by atoms with E-state index in [9.17, 15) is 5.11 Å². The number of aliphatic hydroxyl groups is 1. The number of hydrogen-bond acceptors (Lipinski definition) is 2. The molecule has 0 aromatic carbocycles. The summed E-state index contributed by atoms with van der Waals surface area (Å²) < 4.78 is 0. The van der Waals surface area contributed by atoms with Crippen molar-refractivity contribution in [2.45, 2.75) is 45.1 Å². The quantitative estimate of drug-likeness (QED) is 0.744. The van der Waals surface area contributed by atoms with E-state index in [-0.39, 0.29) is 6.10 Å². The second kappa shape index (κ2) is 6.17. The van der Waals surface area contributed by atoms with Crippen molar-refractivity contribution in [1.82, 2.24) is 0 Å². The zero-order chi connectivity index (χ0) is 9.52. The maximum Gasteiger partial charge on any atom is 0.0540 e. The van der Waals surface area contributed by atoms with Crippen LogP contribution in [0.4, 0.5) is 0 Å². The largest absolute Gasteiger partial charge is 0.393 e. The molecule has 74 valence electrons. The third kappa shape index (κ3) is 4.44. The summed E-state index contributed by atoms with van der Waals surface area (Å²) in [5.41, 5.74) is 0. The van der Waals surface area contributed by atoms with Crippen LogP contribution in [0.1, 0.15) is 37.5 Å². The van der Waals surface area contributed by atoms with Crippen LogP contribution in [-0.4, -0.2) is 11.2 Å². The van der Waals surface area contributed by atoms with Gasteiger partial charge in [-0.05, 0) is 37.1 Å². The van der Waals surface area contributed by atoms with Gasteiger partial charge < -0.3 is 5.11 Å². The van der Waals surface area contributed by atoms with Crippen LogP contribution in [0, 0.1) is 0 Å². The first kappa shape index (κ1) is 10.7. The molecular weight excluding hydrogens is 180 g/mol. The van der Waals surface area contributed by atoms with Gasteiger partial charge in [0.2, 0.25) is 0 Å². The lowest BCUT2D eigenvalue weighted by molar-refractivity contribution is 0.151. The van der Waals surface area contributed by atoms with Crippen LogP contribution in [-0.2, 0) is 6.42 Å². The third-order valence-corrected chi connectivity index (χ3v) is 3.10. The van der Waals surface area contributed by atoms with E-state index < -0.39 is 0 Å². The molecule has 1 heterocycles. The van der Waals surface area contributed by atoms with Crippen molar-refractivity contribution in [2.75, 3.05) is 0 Å². The average molecular weight is 198 g/mol. The lowest BCUT2D eigenvalue weighted by Gasteiger charge is -2.07. The fraction of sp³-hybridized carbons (Fsp3) is 0.636. The van der Waals surface area contributed by atoms with Crippen molar-refractivity contribution in [3.8, 4) is 0 Å². The van der Waals surface area contributed by atoms with Gasteiger partial charge in [0, 0.05) is 4.88 Å². The summed E-state index contributed by atoms with van der Waals surface area (Å²) in [6, 6.07) is 4.25. The molecule has 0 saturated heterocycles. The summed E-state index contributed by atoms with van der Waals surface area (Å²) in [6.45, 7) is 2.11. The highest BCUT2D eigenvalue weighted by Crippen LogP contribution is 2.13. The fourth-order valence-electron chi connectivity index (χ4n) is 1.44. The van der Waals surface area contributed by atoms with Crippen molar-refractivity contribution in [1.29, 1.82) is 0 Å². The molecule has 0 spiro atoms. The van der Waals surface area contributed by atoms with E-state index in [1.807, 2.05) is 0 Å². The van der Waals surface area contributed by atoms with Crippen molar-refractivity contribution in [3.63, 3.8) is 0 Å². The van der Waals surface area contributed by atoms with E-state index in [0.717, 1.165) is 32.1 Å². The van der Waals surface area contributed by atoms with Crippen LogP contribution in [0.2, 0.25) is 0 Å². The lowest BCUT2D eigenvalue weighted by Crippen LogP contribution is -2.05. The van der Waals surface area contributed by atoms with Gasteiger partial charge in [0.15, 0.2) is 0 Å². The van der Waals surface area contributed by atoms with Crippen LogP contribution in [0.3, 0.4) is 0 Å². The molecule has 1 unspecified atom stereocenters. The van der Waals surface area contributed by atoms with Crippen molar-refractivity contribution < 1.29 is 5.11 Å². The molecule has 0 radical (unpaired) electrons. The van der Waals surface area contributed by atoms with Gasteiger partial charge in [0.25, 0.3) is 0 Å². The van der Waals surface area contributed by atoms with E-state index >= 15 is 0 Å². The van der Waals surface area contributed by atoms with Crippen molar-refractivity contribution in [3.05, 3.63) is 22.4 Å². The summed E-state index contributed by atoms with van der Waals surface area (Å²) in [5.74, 6) is 0. The molecule has 0 fully saturated rings. The molecule has 1 aromatic heterocycles. The summed E-state index contributed by atoms with van der Waals surface area (Å²) in [5, 5.41) is 11.6. The average Bonchev–Trinajstić information content (AvgIpc) is 2.57. The van der Waals surface area contributed by atoms with Crippen LogP contribution in [0.5, 0.6) is 0 Å². The Morgan fingerprint density at radius 3 is 2.92 bits per heavy atom. The van der Waals surface area contributed by atoms with Gasteiger partial charge in [0.05, 0.1) is 6.10 Å². The molecule has 2 heteroatoms. The molecule has 0 aliphatic heterocycles. The van der Waals surface area contributed by atoms with Crippen LogP contribution in [0.15, 0.2) is 17.5 Å². The van der Waals surface area contributed by atoms with Gasteiger partial charge in [-0.3, -0.25) is 0 Å². The van der Waals surface area contributed by atoms with E-state index in [1.54, 1.807) is 11.3 Å². The molecule has 0 bridgehead atoms. The molecule has 0 aliphatic rings. The molecule has 1 rings (SSSR count). The Morgan fingerprint density at radius 2 is 2.31 bits per heavy atom. The highest BCUT2D eigenvalue weighted by Gasteiger charge is 2.02. The number of rotatable bonds is 6. The predicted octanol–water partition coefficient (Wildman–Crippen LogP) is 3.23. The van der Waals surface area contributed by atoms with Gasteiger partial charge in [-0.15, -0.1) is 11.3 Å². The Balaban J connectivity index is 2.07. The predicted molar refractivity (Wildman–Crippen MR) is 58.2 cm³/mol. The second-order valence-corrected chi connectivity index (χ2v) is 4.45. The number of aryl methyl sites for hydroxylation is 1. The van der Waals surface area contributed by atoms with Crippen LogP contribution in [0.25, 0.3) is 0 Å². The molecule has 1 aromatic rings. The summed E-state index contributed by atoms with van der Waals surface area (Å²) in [6.07, 6.45) is 5.14. The molecule has 13 heavy (non-hydrogen) atoms. The summed E-state index contributed by atoms with van der Waals surface area (Å²) in [4.78, 5) is 1.43. The smallest absolute Gasteiger partial charge is 0.0540 e. The topological polar surface area (TPSA) is 20.2 Å². The van der Waals surface area contributed by atoms with Crippen molar-refractivity contribution >= 4 is 11.3 Å². The fourth-order valence-corrected chi connectivity index (χ4v) is 2.20. The minimum atomic E-state index is -0.0787. The Hall–Kier alpha value is -0.340. The van der Waals surface area contributed by atoms with Gasteiger partial charge in [-0.25, -0.2) is 0 Å². The molecule has 1 nitrogen and oxygen atoms in total. The van der Waals surface area contributed by atoms with Crippen LogP contribution >= 0.6 is 11.3 Å². The normalized spacial score (nSPS) is 13.1. The first-order valence-corrected chi connectivity index (χ1v) is 5.91. The first-order valence-electron chi connectivity index (χ1n) is 5.03. The maximum absolute atomic E-state index is 9.48. The Kier molecular flexibility index (Phi) is 5.09. The van der Waals surface area contributed by atoms with E-state index in [4.69, 9.17) is 0 Å². The number of aliphatic hydroxyl groups excluding tert-OH is 1. The monoisotopic (exact) mass is 198 g/mol. The number of hydrogen-bond donors (Lipinski definition) is 1. The SMILES string of the molecule is CCCC(O)CCCc1cccs1. The molecule has 1 N–H and O–H groups in total. The van der Waals surface area contributed by atoms with E-state index in [2.05, 4.69) is 24.4 Å². The summed E-state index contributed by atoms with van der Waals surface area (Å²) in [7, 11) is 0. The zero-order valence-corrected chi connectivity index (χ0v) is 9.02. The number of thiophene rings is 1. The second-order valence-electron chi connectivity index (χ2n) is 3.41. The van der Waals surface area contributed by atoms with Gasteiger partial charge in [0.1, 0.15) is 0 Å². The zero-order valence-electron chi connectivity index (χ0n) is 8.20. The van der Waals surface area contributed by atoms with Crippen molar-refractivity contribution in [2.24, 2.45) is 0 Å². The van der Waals surface area contributed by atoms with Gasteiger partial charge in [-0.2, -0.15) is 0 Å². The van der Waals surface area contributed by atoms with Crippen LogP contribution < -0.4 is 0 Å². The summed E-state index contributed by atoms with van der Waals surface area (Å²) >= 11 is 1.81. The highest BCUT2D eigenvalue weighted by molar-refractivity contribution is 7.09. The molecule has 0 saturated carbocycles. The van der Waals surface area contributed by atoms with E-state index in [1.165, 1.54) is 4.88 Å². The Morgan fingerprint density at radius 1 is 1.46 bits per heavy atom. The third-order valence-electron chi connectivity index (χ3n) is 2.16. The molecule has 0 aliphatic carbocycles. The lowest BCUT2D eigenvalue weighted by atomic mass is 10.1. The van der Waals surface area contributed by atoms with E-state index in [0.29, 0.717) is 0 Å². The Bertz CT molecular complexity index is 206. The van der Waals surface area contributed by atoms with Gasteiger partial charge in [-0.1, -0.05) is 19.4 Å². The molecule has 0 amide bonds.